The maximum atomic E-state index is 12.3. The quantitative estimate of drug-likeness (QED) is 0.751. The van der Waals surface area contributed by atoms with Crippen LogP contribution in [0.5, 0.6) is 5.75 Å². The third kappa shape index (κ3) is 2.95. The van der Waals surface area contributed by atoms with Crippen LogP contribution in [-0.2, 0) is 9.84 Å². The van der Waals surface area contributed by atoms with E-state index in [1.807, 2.05) is 71.3 Å². The number of benzene rings is 2. The van der Waals surface area contributed by atoms with Crippen molar-refractivity contribution < 1.29 is 13.2 Å². The first kappa shape index (κ1) is 17.3. The zero-order chi connectivity index (χ0) is 18.3. The summed E-state index contributed by atoms with van der Waals surface area (Å²) in [5, 5.41) is 0.644. The number of sulfone groups is 1. The molecule has 0 amide bonds. The molecule has 136 valence electrons. The first-order valence-corrected chi connectivity index (χ1v) is 10.8. The molecule has 0 saturated carbocycles. The van der Waals surface area contributed by atoms with E-state index >= 15 is 0 Å². The van der Waals surface area contributed by atoms with Gasteiger partial charge in [0, 0.05) is 11.4 Å². The van der Waals surface area contributed by atoms with Crippen molar-refractivity contribution in [3.63, 3.8) is 0 Å². The van der Waals surface area contributed by atoms with E-state index in [1.54, 1.807) is 0 Å². The molecule has 7 heteroatoms. The van der Waals surface area contributed by atoms with Gasteiger partial charge < -0.3 is 14.5 Å². The van der Waals surface area contributed by atoms with Gasteiger partial charge in [-0.3, -0.25) is 0 Å². The van der Waals surface area contributed by atoms with E-state index in [4.69, 9.17) is 17.0 Å². The lowest BCUT2D eigenvalue weighted by molar-refractivity contribution is 0.340. The molecule has 2 aromatic carbocycles. The summed E-state index contributed by atoms with van der Waals surface area (Å²) in [4.78, 5) is 3.97. The molecule has 0 unspecified atom stereocenters. The van der Waals surface area contributed by atoms with Gasteiger partial charge in [0.1, 0.15) is 5.75 Å². The van der Waals surface area contributed by atoms with Crippen molar-refractivity contribution in [3.05, 3.63) is 54.6 Å². The third-order valence-corrected chi connectivity index (χ3v) is 6.92. The number of ether oxygens (including phenoxy) is 1. The monoisotopic (exact) mass is 388 g/mol. The Hall–Kier alpha value is -2.12. The van der Waals surface area contributed by atoms with E-state index in [2.05, 4.69) is 0 Å². The number of rotatable bonds is 4. The molecule has 0 radical (unpaired) electrons. The van der Waals surface area contributed by atoms with Crippen LogP contribution in [-0.4, -0.2) is 43.7 Å². The van der Waals surface area contributed by atoms with Crippen molar-refractivity contribution in [2.45, 2.75) is 19.0 Å². The molecule has 4 rings (SSSR count). The van der Waals surface area contributed by atoms with Gasteiger partial charge in [0.2, 0.25) is 0 Å². The molecule has 2 aliphatic heterocycles. The summed E-state index contributed by atoms with van der Waals surface area (Å²) < 4.78 is 30.2. The minimum Gasteiger partial charge on any atom is -0.494 e. The minimum atomic E-state index is -3.10. The Labute approximate surface area is 159 Å². The van der Waals surface area contributed by atoms with E-state index in [-0.39, 0.29) is 23.6 Å². The summed E-state index contributed by atoms with van der Waals surface area (Å²) in [5.74, 6) is 1.03. The van der Waals surface area contributed by atoms with Crippen molar-refractivity contribution in [1.82, 2.24) is 0 Å². The second-order valence-electron chi connectivity index (χ2n) is 6.50. The Bertz CT molecular complexity index is 914. The fourth-order valence-corrected chi connectivity index (χ4v) is 6.17. The van der Waals surface area contributed by atoms with Crippen LogP contribution in [0.3, 0.4) is 0 Å². The van der Waals surface area contributed by atoms with E-state index < -0.39 is 9.84 Å². The molecule has 2 heterocycles. The normalized spacial score (nSPS) is 24.0. The summed E-state index contributed by atoms with van der Waals surface area (Å²) >= 11 is 5.77. The molecule has 0 spiro atoms. The van der Waals surface area contributed by atoms with Crippen LogP contribution in [0.2, 0.25) is 0 Å². The number of para-hydroxylation sites is 1. The molecule has 0 aliphatic carbocycles. The van der Waals surface area contributed by atoms with Crippen LogP contribution in [0.15, 0.2) is 54.6 Å². The van der Waals surface area contributed by atoms with Gasteiger partial charge in [-0.25, -0.2) is 8.42 Å². The molecule has 2 aliphatic rings. The summed E-state index contributed by atoms with van der Waals surface area (Å²) in [6.45, 7) is 2.54. The third-order valence-electron chi connectivity index (χ3n) is 4.83. The van der Waals surface area contributed by atoms with Gasteiger partial charge in [0.15, 0.2) is 14.9 Å². The van der Waals surface area contributed by atoms with E-state index in [9.17, 15) is 8.42 Å². The molecule has 5 nitrogen and oxygen atoms in total. The van der Waals surface area contributed by atoms with Crippen LogP contribution < -0.4 is 14.5 Å². The summed E-state index contributed by atoms with van der Waals surface area (Å²) in [6.07, 6.45) is 0. The van der Waals surface area contributed by atoms with Gasteiger partial charge in [-0.05, 0) is 55.5 Å². The predicted molar refractivity (Wildman–Crippen MR) is 108 cm³/mol. The van der Waals surface area contributed by atoms with Crippen molar-refractivity contribution >= 4 is 38.5 Å². The lowest BCUT2D eigenvalue weighted by Gasteiger charge is -2.25. The highest BCUT2D eigenvalue weighted by Crippen LogP contribution is 2.38. The van der Waals surface area contributed by atoms with E-state index in [0.29, 0.717) is 11.7 Å². The predicted octanol–water partition coefficient (Wildman–Crippen LogP) is 2.86. The molecule has 2 aromatic rings. The average molecular weight is 389 g/mol. The molecule has 0 aromatic heterocycles. The zero-order valence-corrected chi connectivity index (χ0v) is 16.0. The molecule has 0 bridgehead atoms. The second kappa shape index (κ2) is 6.55. The van der Waals surface area contributed by atoms with E-state index in [0.717, 1.165) is 17.1 Å². The number of thiocarbonyl (C=S) groups is 1. The van der Waals surface area contributed by atoms with Crippen LogP contribution in [0, 0.1) is 0 Å². The summed E-state index contributed by atoms with van der Waals surface area (Å²) in [5.41, 5.74) is 1.82. The molecule has 2 atom stereocenters. The molecule has 0 N–H and O–H groups in total. The Morgan fingerprint density at radius 3 is 2.04 bits per heavy atom. The highest BCUT2D eigenvalue weighted by molar-refractivity contribution is 7.91. The van der Waals surface area contributed by atoms with Crippen molar-refractivity contribution in [2.75, 3.05) is 27.9 Å². The SMILES string of the molecule is CCOc1ccc(N2C(=S)N(c3ccccc3)[C@@H]3CS(=O)(=O)C[C@@H]32)cc1. The number of fused-ring (bicyclic) bond motifs is 1. The summed E-state index contributed by atoms with van der Waals surface area (Å²) in [6, 6.07) is 17.1. The Morgan fingerprint density at radius 1 is 0.962 bits per heavy atom. The maximum absolute atomic E-state index is 12.3. The van der Waals surface area contributed by atoms with E-state index in [1.165, 1.54) is 0 Å². The van der Waals surface area contributed by atoms with Crippen LogP contribution in [0.25, 0.3) is 0 Å². The average Bonchev–Trinajstić information content (AvgIpc) is 3.05. The van der Waals surface area contributed by atoms with Crippen LogP contribution in [0.1, 0.15) is 6.92 Å². The van der Waals surface area contributed by atoms with Gasteiger partial charge in [-0.1, -0.05) is 18.2 Å². The molecule has 26 heavy (non-hydrogen) atoms. The van der Waals surface area contributed by atoms with Gasteiger partial charge in [-0.2, -0.15) is 0 Å². The van der Waals surface area contributed by atoms with Crippen molar-refractivity contribution in [3.8, 4) is 5.75 Å². The van der Waals surface area contributed by atoms with Crippen molar-refractivity contribution in [2.24, 2.45) is 0 Å². The number of hydrogen-bond acceptors (Lipinski definition) is 4. The number of nitrogens with zero attached hydrogens (tertiary/aromatic N) is 2. The highest BCUT2D eigenvalue weighted by Gasteiger charge is 2.52. The maximum Gasteiger partial charge on any atom is 0.181 e. The van der Waals surface area contributed by atoms with Gasteiger partial charge in [0.05, 0.1) is 30.2 Å². The first-order chi connectivity index (χ1) is 12.5. The van der Waals surface area contributed by atoms with Gasteiger partial charge >= 0.3 is 0 Å². The summed E-state index contributed by atoms with van der Waals surface area (Å²) in [7, 11) is -3.10. The van der Waals surface area contributed by atoms with Gasteiger partial charge in [-0.15, -0.1) is 0 Å². The molecule has 2 fully saturated rings. The minimum absolute atomic E-state index is 0.119. The zero-order valence-electron chi connectivity index (χ0n) is 14.4. The fourth-order valence-electron chi connectivity index (χ4n) is 3.77. The lowest BCUT2D eigenvalue weighted by Crippen LogP contribution is -2.37. The second-order valence-corrected chi connectivity index (χ2v) is 9.02. The fraction of sp³-hybridized carbons (Fsp3) is 0.316. The molecular formula is C19H20N2O3S2. The van der Waals surface area contributed by atoms with Crippen LogP contribution in [0.4, 0.5) is 11.4 Å². The molecular weight excluding hydrogens is 368 g/mol. The standard InChI is InChI=1S/C19H20N2O3S2/c1-2-24-16-10-8-15(9-11-16)21-18-13-26(22,23)12-17(18)20(19(21)25)14-6-4-3-5-7-14/h3-11,17-18H,2,12-13H2,1H3/t17-,18+/m1/s1. The lowest BCUT2D eigenvalue weighted by atomic mass is 10.1. The Balaban J connectivity index is 1.73. The largest absolute Gasteiger partial charge is 0.494 e. The van der Waals surface area contributed by atoms with Crippen LogP contribution >= 0.6 is 12.2 Å². The van der Waals surface area contributed by atoms with Gasteiger partial charge in [0.25, 0.3) is 0 Å². The van der Waals surface area contributed by atoms with Crippen molar-refractivity contribution in [1.29, 1.82) is 0 Å². The topological polar surface area (TPSA) is 49.9 Å². The number of anilines is 2. The highest BCUT2D eigenvalue weighted by atomic mass is 32.2. The molecule has 2 saturated heterocycles. The smallest absolute Gasteiger partial charge is 0.181 e. The Kier molecular flexibility index (Phi) is 4.36. The Morgan fingerprint density at radius 2 is 1.50 bits per heavy atom. The number of hydrogen-bond donors (Lipinski definition) is 0. The first-order valence-electron chi connectivity index (χ1n) is 8.61.